The van der Waals surface area contributed by atoms with Gasteiger partial charge in [-0.25, -0.2) is 0 Å². The zero-order valence-electron chi connectivity index (χ0n) is 14.2. The van der Waals surface area contributed by atoms with E-state index in [2.05, 4.69) is 5.32 Å². The van der Waals surface area contributed by atoms with Crippen molar-refractivity contribution in [3.05, 3.63) is 34.9 Å². The Morgan fingerprint density at radius 3 is 2.44 bits per heavy atom. The molecule has 1 aliphatic carbocycles. The van der Waals surface area contributed by atoms with Crippen LogP contribution in [0.5, 0.6) is 0 Å². The Kier molecular flexibility index (Phi) is 4.51. The topological polar surface area (TPSA) is 49.4 Å². The number of halogens is 3. The number of hydrogen-bond donors (Lipinski definition) is 1. The molecule has 1 saturated heterocycles. The Morgan fingerprint density at radius 1 is 1.20 bits per heavy atom. The monoisotopic (exact) mass is 354 g/mol. The van der Waals surface area contributed by atoms with Gasteiger partial charge in [-0.1, -0.05) is 6.07 Å². The van der Waals surface area contributed by atoms with Crippen LogP contribution >= 0.6 is 0 Å². The van der Waals surface area contributed by atoms with Crippen LogP contribution in [0.15, 0.2) is 18.2 Å². The number of amides is 2. The molecule has 1 aliphatic heterocycles. The molecular weight excluding hydrogens is 333 g/mol. The second-order valence-electron chi connectivity index (χ2n) is 7.05. The molecule has 0 aromatic heterocycles. The number of hydrogen-bond acceptors (Lipinski definition) is 2. The number of benzene rings is 1. The van der Waals surface area contributed by atoms with Crippen LogP contribution in [0, 0.1) is 18.8 Å². The maximum atomic E-state index is 12.9. The predicted molar refractivity (Wildman–Crippen MR) is 85.9 cm³/mol. The van der Waals surface area contributed by atoms with Crippen molar-refractivity contribution >= 4 is 11.8 Å². The second-order valence-corrected chi connectivity index (χ2v) is 7.05. The van der Waals surface area contributed by atoms with Crippen molar-refractivity contribution in [2.75, 3.05) is 13.1 Å². The van der Waals surface area contributed by atoms with Gasteiger partial charge in [0.25, 0.3) is 5.91 Å². The van der Waals surface area contributed by atoms with E-state index in [4.69, 9.17) is 0 Å². The first kappa shape index (κ1) is 17.8. The summed E-state index contributed by atoms with van der Waals surface area (Å²) in [6.45, 7) is 3.89. The lowest BCUT2D eigenvalue weighted by Gasteiger charge is -2.19. The minimum Gasteiger partial charge on any atom is -0.351 e. The molecule has 0 bridgehead atoms. The van der Waals surface area contributed by atoms with Gasteiger partial charge in [0, 0.05) is 31.5 Å². The van der Waals surface area contributed by atoms with Gasteiger partial charge >= 0.3 is 6.18 Å². The summed E-state index contributed by atoms with van der Waals surface area (Å²) in [4.78, 5) is 25.8. The fourth-order valence-electron chi connectivity index (χ4n) is 3.61. The van der Waals surface area contributed by atoms with Gasteiger partial charge < -0.3 is 10.2 Å². The molecule has 1 N–H and O–H groups in total. The van der Waals surface area contributed by atoms with Gasteiger partial charge in [-0.05, 0) is 43.4 Å². The number of carbonyl (C=O) groups excluding carboxylic acids is 2. The van der Waals surface area contributed by atoms with Crippen molar-refractivity contribution in [2.45, 2.75) is 38.9 Å². The molecule has 4 nitrogen and oxygen atoms in total. The summed E-state index contributed by atoms with van der Waals surface area (Å²) in [5.74, 6) is 0.110. The Labute approximate surface area is 144 Å². The number of carbonyl (C=O) groups is 2. The second kappa shape index (κ2) is 6.35. The quantitative estimate of drug-likeness (QED) is 0.907. The summed E-state index contributed by atoms with van der Waals surface area (Å²) < 4.78 is 38.8. The third-order valence-corrected chi connectivity index (χ3v) is 5.06. The zero-order valence-corrected chi connectivity index (χ0v) is 14.2. The van der Waals surface area contributed by atoms with Crippen molar-refractivity contribution in [3.8, 4) is 0 Å². The van der Waals surface area contributed by atoms with Crippen molar-refractivity contribution in [2.24, 2.45) is 11.8 Å². The molecule has 0 spiro atoms. The highest BCUT2D eigenvalue weighted by Crippen LogP contribution is 2.42. The van der Waals surface area contributed by atoms with Crippen LogP contribution in [-0.4, -0.2) is 35.8 Å². The number of rotatable bonds is 3. The number of alkyl halides is 3. The SMILES string of the molecule is CC(=O)N[C@H]1CN(C(=O)c2cc(C(F)(F)F)ccc2C)C[C@@H]1C1CC1. The van der Waals surface area contributed by atoms with E-state index in [0.717, 1.165) is 25.0 Å². The Bertz CT molecular complexity index is 698. The lowest BCUT2D eigenvalue weighted by molar-refractivity contribution is -0.137. The molecule has 1 aromatic carbocycles. The molecule has 2 fully saturated rings. The third-order valence-electron chi connectivity index (χ3n) is 5.06. The lowest BCUT2D eigenvalue weighted by atomic mass is 9.98. The molecule has 2 amide bonds. The van der Waals surface area contributed by atoms with E-state index < -0.39 is 17.6 Å². The Balaban J connectivity index is 1.82. The summed E-state index contributed by atoms with van der Waals surface area (Å²) in [5, 5.41) is 2.89. The zero-order chi connectivity index (χ0) is 18.4. The number of aryl methyl sites for hydroxylation is 1. The Morgan fingerprint density at radius 2 is 1.88 bits per heavy atom. The molecule has 2 atom stereocenters. The summed E-state index contributed by atoms with van der Waals surface area (Å²) >= 11 is 0. The molecule has 0 radical (unpaired) electrons. The van der Waals surface area contributed by atoms with Crippen LogP contribution in [0.3, 0.4) is 0 Å². The maximum Gasteiger partial charge on any atom is 0.416 e. The smallest absolute Gasteiger partial charge is 0.351 e. The summed E-state index contributed by atoms with van der Waals surface area (Å²) in [6.07, 6.45) is -2.33. The standard InChI is InChI=1S/C18H21F3N2O2/c1-10-3-6-13(18(19,20)21)7-14(10)17(25)23-8-15(12-4-5-12)16(9-23)22-11(2)24/h3,6-7,12,15-16H,4-5,8-9H2,1-2H3,(H,22,24)/t15-,16+/m1/s1. The molecule has 1 heterocycles. The average molecular weight is 354 g/mol. The highest BCUT2D eigenvalue weighted by molar-refractivity contribution is 5.96. The first-order valence-electron chi connectivity index (χ1n) is 8.41. The minimum absolute atomic E-state index is 0.0767. The van der Waals surface area contributed by atoms with Crippen LogP contribution in [0.1, 0.15) is 41.3 Å². The molecule has 3 rings (SSSR count). The normalized spacial score (nSPS) is 23.6. The van der Waals surface area contributed by atoms with Crippen LogP contribution < -0.4 is 5.32 Å². The summed E-state index contributed by atoms with van der Waals surface area (Å²) in [5.41, 5.74) is -0.227. The lowest BCUT2D eigenvalue weighted by Crippen LogP contribution is -2.40. The van der Waals surface area contributed by atoms with Gasteiger partial charge in [0.15, 0.2) is 0 Å². The van der Waals surface area contributed by atoms with Crippen LogP contribution in [-0.2, 0) is 11.0 Å². The average Bonchev–Trinajstić information content (AvgIpc) is 3.27. The van der Waals surface area contributed by atoms with Crippen molar-refractivity contribution in [1.82, 2.24) is 10.2 Å². The van der Waals surface area contributed by atoms with Crippen LogP contribution in [0.4, 0.5) is 13.2 Å². The van der Waals surface area contributed by atoms with E-state index in [1.54, 1.807) is 11.8 Å². The van der Waals surface area contributed by atoms with Crippen molar-refractivity contribution in [1.29, 1.82) is 0 Å². The van der Waals surface area contributed by atoms with E-state index in [0.29, 0.717) is 24.6 Å². The number of nitrogens with one attached hydrogen (secondary N) is 1. The van der Waals surface area contributed by atoms with Gasteiger partial charge in [-0.3, -0.25) is 9.59 Å². The van der Waals surface area contributed by atoms with E-state index >= 15 is 0 Å². The van der Waals surface area contributed by atoms with E-state index in [9.17, 15) is 22.8 Å². The molecule has 136 valence electrons. The van der Waals surface area contributed by atoms with E-state index in [1.807, 2.05) is 0 Å². The van der Waals surface area contributed by atoms with Crippen LogP contribution in [0.2, 0.25) is 0 Å². The molecule has 1 saturated carbocycles. The molecule has 25 heavy (non-hydrogen) atoms. The molecule has 1 aromatic rings. The van der Waals surface area contributed by atoms with Gasteiger partial charge in [0.1, 0.15) is 0 Å². The van der Waals surface area contributed by atoms with Crippen molar-refractivity contribution in [3.63, 3.8) is 0 Å². The summed E-state index contributed by atoms with van der Waals surface area (Å²) in [6, 6.07) is 3.12. The van der Waals surface area contributed by atoms with E-state index in [1.165, 1.54) is 13.0 Å². The molecule has 2 aliphatic rings. The Hall–Kier alpha value is -2.05. The van der Waals surface area contributed by atoms with Gasteiger partial charge in [0.05, 0.1) is 11.6 Å². The van der Waals surface area contributed by atoms with Gasteiger partial charge in [0.2, 0.25) is 5.91 Å². The number of nitrogens with zero attached hydrogens (tertiary/aromatic N) is 1. The molecular formula is C18H21F3N2O2. The minimum atomic E-state index is -4.48. The predicted octanol–water partition coefficient (Wildman–Crippen LogP) is 3.00. The fraction of sp³-hybridized carbons (Fsp3) is 0.556. The highest BCUT2D eigenvalue weighted by atomic mass is 19.4. The van der Waals surface area contributed by atoms with E-state index in [-0.39, 0.29) is 23.4 Å². The van der Waals surface area contributed by atoms with Crippen LogP contribution in [0.25, 0.3) is 0 Å². The highest BCUT2D eigenvalue weighted by Gasteiger charge is 2.44. The fourth-order valence-corrected chi connectivity index (χ4v) is 3.61. The van der Waals surface area contributed by atoms with Crippen molar-refractivity contribution < 1.29 is 22.8 Å². The first-order chi connectivity index (χ1) is 11.7. The summed E-state index contributed by atoms with van der Waals surface area (Å²) in [7, 11) is 0. The number of likely N-dealkylation sites (tertiary alicyclic amines) is 1. The third kappa shape index (κ3) is 3.80. The van der Waals surface area contributed by atoms with Gasteiger partial charge in [-0.15, -0.1) is 0 Å². The largest absolute Gasteiger partial charge is 0.416 e. The van der Waals surface area contributed by atoms with Gasteiger partial charge in [-0.2, -0.15) is 13.2 Å². The molecule has 0 unspecified atom stereocenters. The molecule has 7 heteroatoms. The first-order valence-corrected chi connectivity index (χ1v) is 8.41. The maximum absolute atomic E-state index is 12.9.